The Hall–Kier alpha value is -2.36. The Bertz CT molecular complexity index is 981. The minimum absolute atomic E-state index is 0. The molecule has 0 radical (unpaired) electrons. The van der Waals surface area contributed by atoms with Gasteiger partial charge in [0, 0.05) is 25.2 Å². The van der Waals surface area contributed by atoms with Gasteiger partial charge in [-0.3, -0.25) is 9.39 Å². The molecule has 0 saturated heterocycles. The van der Waals surface area contributed by atoms with Crippen LogP contribution in [0.4, 0.5) is 0 Å². The van der Waals surface area contributed by atoms with E-state index in [0.29, 0.717) is 12.5 Å². The van der Waals surface area contributed by atoms with Gasteiger partial charge in [-0.2, -0.15) is 0 Å². The highest BCUT2D eigenvalue weighted by Crippen LogP contribution is 2.24. The predicted octanol–water partition coefficient (Wildman–Crippen LogP) is 4.02. The van der Waals surface area contributed by atoms with Crippen molar-refractivity contribution in [3.63, 3.8) is 0 Å². The molecule has 31 heavy (non-hydrogen) atoms. The van der Waals surface area contributed by atoms with Crippen LogP contribution in [-0.4, -0.2) is 40.8 Å². The van der Waals surface area contributed by atoms with Crippen molar-refractivity contribution in [1.29, 1.82) is 0 Å². The highest BCUT2D eigenvalue weighted by Gasteiger charge is 2.21. The largest absolute Gasteiger partial charge is 0.493 e. The molecule has 0 fully saturated rings. The minimum atomic E-state index is -0.0737. The zero-order valence-corrected chi connectivity index (χ0v) is 21.3. The quantitative estimate of drug-likeness (QED) is 0.259. The minimum Gasteiger partial charge on any atom is -0.493 e. The number of nitrogens with one attached hydrogen (secondary N) is 2. The molecule has 2 N–H and O–H groups in total. The first kappa shape index (κ1) is 24.9. The van der Waals surface area contributed by atoms with Crippen molar-refractivity contribution >= 4 is 35.6 Å². The number of fused-ring (bicyclic) bond motifs is 1. The fourth-order valence-electron chi connectivity index (χ4n) is 3.07. The van der Waals surface area contributed by atoms with Gasteiger partial charge < -0.3 is 15.4 Å². The lowest BCUT2D eigenvalue weighted by molar-refractivity contribution is 0.271. The van der Waals surface area contributed by atoms with Gasteiger partial charge in [-0.15, -0.1) is 34.2 Å². The van der Waals surface area contributed by atoms with Crippen LogP contribution < -0.4 is 15.4 Å². The van der Waals surface area contributed by atoms with Crippen LogP contribution in [0, 0.1) is 5.92 Å². The summed E-state index contributed by atoms with van der Waals surface area (Å²) in [5.74, 6) is 2.99. The second-order valence-electron chi connectivity index (χ2n) is 8.44. The second kappa shape index (κ2) is 11.3. The summed E-state index contributed by atoms with van der Waals surface area (Å²) in [5, 5.41) is 15.2. The summed E-state index contributed by atoms with van der Waals surface area (Å²) in [6.45, 7) is 10.7. The van der Waals surface area contributed by atoms with Crippen LogP contribution in [0.3, 0.4) is 0 Å². The zero-order chi connectivity index (χ0) is 21.6. The lowest BCUT2D eigenvalue weighted by Gasteiger charge is -2.27. The summed E-state index contributed by atoms with van der Waals surface area (Å²) in [6, 6.07) is 14.2. The topological polar surface area (TPSA) is 75.8 Å². The van der Waals surface area contributed by atoms with Crippen molar-refractivity contribution in [2.75, 3.05) is 20.2 Å². The fourth-order valence-corrected chi connectivity index (χ4v) is 3.07. The number of ether oxygens (including phenoxy) is 1. The van der Waals surface area contributed by atoms with Crippen LogP contribution in [0.1, 0.15) is 39.1 Å². The van der Waals surface area contributed by atoms with Gasteiger partial charge in [-0.25, -0.2) is 0 Å². The molecule has 8 heteroatoms. The van der Waals surface area contributed by atoms with Crippen molar-refractivity contribution < 1.29 is 4.74 Å². The van der Waals surface area contributed by atoms with Gasteiger partial charge >= 0.3 is 0 Å². The Balaban J connectivity index is 0.00000341. The van der Waals surface area contributed by atoms with E-state index in [2.05, 4.69) is 65.7 Å². The molecule has 0 aliphatic heterocycles. The lowest BCUT2D eigenvalue weighted by atomic mass is 9.84. The Morgan fingerprint density at radius 3 is 2.52 bits per heavy atom. The van der Waals surface area contributed by atoms with Gasteiger partial charge in [0.25, 0.3) is 0 Å². The van der Waals surface area contributed by atoms with E-state index in [1.807, 2.05) is 40.9 Å². The number of hydrogen-bond acceptors (Lipinski definition) is 4. The summed E-state index contributed by atoms with van der Waals surface area (Å²) < 4.78 is 7.76. The van der Waals surface area contributed by atoms with E-state index in [0.717, 1.165) is 36.3 Å². The molecule has 2 aromatic heterocycles. The van der Waals surface area contributed by atoms with Crippen molar-refractivity contribution in [2.24, 2.45) is 10.9 Å². The molecule has 168 valence electrons. The van der Waals surface area contributed by atoms with Crippen LogP contribution in [0.5, 0.6) is 5.75 Å². The molecule has 1 aromatic carbocycles. The molecule has 0 spiro atoms. The predicted molar refractivity (Wildman–Crippen MR) is 136 cm³/mol. The number of halogens is 1. The average molecular weight is 536 g/mol. The van der Waals surface area contributed by atoms with Gasteiger partial charge in [0.15, 0.2) is 17.4 Å². The van der Waals surface area contributed by atoms with E-state index in [4.69, 9.17) is 4.74 Å². The first-order valence-electron chi connectivity index (χ1n) is 10.4. The molecule has 0 amide bonds. The standard InChI is InChI=1S/C23H32N6O.HI/c1-17(2)15-30-19-11-9-18(10-12-19)23(3,4)16-26-22(24-5)25-14-21-28-27-20-8-6-7-13-29(20)21;/h6-13,17H,14-16H2,1-5H3,(H2,24,25,26);1H. The zero-order valence-electron chi connectivity index (χ0n) is 18.9. The third-order valence-electron chi connectivity index (χ3n) is 4.94. The van der Waals surface area contributed by atoms with Gasteiger partial charge in [-0.05, 0) is 35.7 Å². The molecule has 2 heterocycles. The number of rotatable bonds is 8. The van der Waals surface area contributed by atoms with Crippen LogP contribution in [0.25, 0.3) is 5.65 Å². The molecule has 0 unspecified atom stereocenters. The van der Waals surface area contributed by atoms with Gasteiger partial charge in [0.1, 0.15) is 5.75 Å². The molecule has 0 bridgehead atoms. The maximum Gasteiger partial charge on any atom is 0.191 e. The number of nitrogens with zero attached hydrogens (tertiary/aromatic N) is 4. The summed E-state index contributed by atoms with van der Waals surface area (Å²) in [6.07, 6.45) is 1.96. The lowest BCUT2D eigenvalue weighted by Crippen LogP contribution is -2.43. The fraction of sp³-hybridized carbons (Fsp3) is 0.435. The van der Waals surface area contributed by atoms with E-state index in [9.17, 15) is 0 Å². The van der Waals surface area contributed by atoms with Crippen molar-refractivity contribution in [2.45, 2.75) is 39.7 Å². The third-order valence-corrected chi connectivity index (χ3v) is 4.94. The van der Waals surface area contributed by atoms with E-state index >= 15 is 0 Å². The highest BCUT2D eigenvalue weighted by molar-refractivity contribution is 14.0. The molecule has 3 rings (SSSR count). The normalized spacial score (nSPS) is 12.0. The third kappa shape index (κ3) is 6.81. The molecular weight excluding hydrogens is 503 g/mol. The Morgan fingerprint density at radius 1 is 1.10 bits per heavy atom. The summed E-state index contributed by atoms with van der Waals surface area (Å²) in [5.41, 5.74) is 2.00. The molecule has 0 atom stereocenters. The number of pyridine rings is 1. The van der Waals surface area contributed by atoms with Gasteiger partial charge in [-0.1, -0.05) is 45.9 Å². The van der Waals surface area contributed by atoms with E-state index in [1.165, 1.54) is 5.56 Å². The van der Waals surface area contributed by atoms with Crippen molar-refractivity contribution in [1.82, 2.24) is 25.2 Å². The van der Waals surface area contributed by atoms with Crippen LogP contribution in [0.2, 0.25) is 0 Å². The molecule has 7 nitrogen and oxygen atoms in total. The van der Waals surface area contributed by atoms with Gasteiger partial charge in [0.05, 0.1) is 13.2 Å². The van der Waals surface area contributed by atoms with E-state index in [1.54, 1.807) is 7.05 Å². The monoisotopic (exact) mass is 536 g/mol. The Kier molecular flexibility index (Phi) is 9.09. The second-order valence-corrected chi connectivity index (χ2v) is 8.44. The number of aliphatic imine (C=N–C) groups is 1. The van der Waals surface area contributed by atoms with Gasteiger partial charge in [0.2, 0.25) is 0 Å². The van der Waals surface area contributed by atoms with Crippen molar-refractivity contribution in [3.05, 3.63) is 60.0 Å². The Morgan fingerprint density at radius 2 is 1.84 bits per heavy atom. The van der Waals surface area contributed by atoms with E-state index in [-0.39, 0.29) is 29.4 Å². The van der Waals surface area contributed by atoms with Crippen LogP contribution in [-0.2, 0) is 12.0 Å². The molecule has 0 aliphatic rings. The highest BCUT2D eigenvalue weighted by atomic mass is 127. The molecular formula is C23H33IN6O. The summed E-state index contributed by atoms with van der Waals surface area (Å²) in [7, 11) is 1.77. The smallest absolute Gasteiger partial charge is 0.191 e. The maximum absolute atomic E-state index is 5.79. The molecule has 0 saturated carbocycles. The average Bonchev–Trinajstić information content (AvgIpc) is 3.16. The van der Waals surface area contributed by atoms with Crippen molar-refractivity contribution in [3.8, 4) is 5.75 Å². The first-order valence-corrected chi connectivity index (χ1v) is 10.4. The van der Waals surface area contributed by atoms with Crippen LogP contribution >= 0.6 is 24.0 Å². The Labute approximate surface area is 201 Å². The molecule has 3 aromatic rings. The first-order chi connectivity index (χ1) is 14.4. The van der Waals surface area contributed by atoms with Crippen LogP contribution in [0.15, 0.2) is 53.7 Å². The molecule has 0 aliphatic carbocycles. The SMILES string of the molecule is CN=C(NCc1nnc2ccccn12)NCC(C)(C)c1ccc(OCC(C)C)cc1.I. The number of aromatic nitrogens is 3. The number of hydrogen-bond donors (Lipinski definition) is 2. The van der Waals surface area contributed by atoms with E-state index < -0.39 is 0 Å². The summed E-state index contributed by atoms with van der Waals surface area (Å²) >= 11 is 0. The summed E-state index contributed by atoms with van der Waals surface area (Å²) in [4.78, 5) is 4.34. The number of guanidine groups is 1. The maximum atomic E-state index is 5.79. The number of benzene rings is 1.